The number of nitrogens with one attached hydrogen (secondary N) is 2. The Morgan fingerprint density at radius 1 is 1.06 bits per heavy atom. The van der Waals surface area contributed by atoms with Gasteiger partial charge < -0.3 is 15.5 Å². The topological polar surface area (TPSA) is 61.4 Å². The Bertz CT molecular complexity index is 255. The summed E-state index contributed by atoms with van der Waals surface area (Å²) in [6.07, 6.45) is 0. The fourth-order valence-corrected chi connectivity index (χ4v) is 1.35. The lowest BCUT2D eigenvalue weighted by Crippen LogP contribution is -2.49. The molecule has 0 atom stereocenters. The predicted octanol–water partition coefficient (Wildman–Crippen LogP) is 0.359. The maximum Gasteiger partial charge on any atom is 0.309 e. The van der Waals surface area contributed by atoms with Crippen molar-refractivity contribution in [1.29, 1.82) is 0 Å². The second kappa shape index (κ2) is 7.27. The molecule has 0 unspecified atom stereocenters. The molecule has 0 aliphatic carbocycles. The van der Waals surface area contributed by atoms with Crippen LogP contribution >= 0.6 is 0 Å². The average molecular weight is 243 g/mol. The lowest BCUT2D eigenvalue weighted by atomic mass is 10.1. The number of hydrogen-bond donors (Lipinski definition) is 2. The van der Waals surface area contributed by atoms with E-state index in [1.54, 1.807) is 0 Å². The minimum atomic E-state index is -0.572. The van der Waals surface area contributed by atoms with Gasteiger partial charge in [-0.05, 0) is 33.9 Å². The molecule has 0 aliphatic rings. The first-order valence-electron chi connectivity index (χ1n) is 6.12. The lowest BCUT2D eigenvalue weighted by molar-refractivity contribution is -0.140. The fraction of sp³-hybridized carbons (Fsp3) is 0.833. The Morgan fingerprint density at radius 2 is 1.59 bits per heavy atom. The van der Waals surface area contributed by atoms with Crippen molar-refractivity contribution >= 4 is 11.8 Å². The van der Waals surface area contributed by atoms with E-state index in [-0.39, 0.29) is 5.54 Å². The summed E-state index contributed by atoms with van der Waals surface area (Å²) < 4.78 is 0. The van der Waals surface area contributed by atoms with Gasteiger partial charge in [0, 0.05) is 18.6 Å². The van der Waals surface area contributed by atoms with Gasteiger partial charge in [0.25, 0.3) is 0 Å². The highest BCUT2D eigenvalue weighted by molar-refractivity contribution is 6.35. The van der Waals surface area contributed by atoms with Gasteiger partial charge in [0.1, 0.15) is 0 Å². The van der Waals surface area contributed by atoms with E-state index in [9.17, 15) is 9.59 Å². The molecule has 2 amide bonds. The minimum absolute atomic E-state index is 0.382. The van der Waals surface area contributed by atoms with Gasteiger partial charge >= 0.3 is 11.8 Å². The molecule has 0 radical (unpaired) electrons. The Morgan fingerprint density at radius 3 is 2.00 bits per heavy atom. The molecule has 0 fully saturated rings. The third-order valence-electron chi connectivity index (χ3n) is 2.30. The maximum absolute atomic E-state index is 11.4. The summed E-state index contributed by atoms with van der Waals surface area (Å²) in [5.41, 5.74) is -0.382. The Kier molecular flexibility index (Phi) is 6.80. The van der Waals surface area contributed by atoms with Gasteiger partial charge in [0.15, 0.2) is 0 Å². The monoisotopic (exact) mass is 243 g/mol. The van der Waals surface area contributed by atoms with E-state index >= 15 is 0 Å². The molecule has 0 spiro atoms. The molecule has 5 heteroatoms. The first-order chi connectivity index (χ1) is 7.80. The van der Waals surface area contributed by atoms with E-state index in [0.717, 1.165) is 19.6 Å². The molecule has 17 heavy (non-hydrogen) atoms. The number of rotatable bonds is 5. The van der Waals surface area contributed by atoms with Gasteiger partial charge in [-0.25, -0.2) is 0 Å². The summed E-state index contributed by atoms with van der Waals surface area (Å²) in [5, 5.41) is 5.23. The lowest BCUT2D eigenvalue weighted by Gasteiger charge is -2.21. The molecule has 0 saturated heterocycles. The third-order valence-corrected chi connectivity index (χ3v) is 2.30. The maximum atomic E-state index is 11.4. The van der Waals surface area contributed by atoms with E-state index < -0.39 is 11.8 Å². The van der Waals surface area contributed by atoms with Crippen molar-refractivity contribution in [3.8, 4) is 0 Å². The molecule has 0 aromatic heterocycles. The summed E-state index contributed by atoms with van der Waals surface area (Å²) in [7, 11) is 0. The molecule has 5 nitrogen and oxygen atoms in total. The fourth-order valence-electron chi connectivity index (χ4n) is 1.35. The van der Waals surface area contributed by atoms with Crippen LogP contribution in [0.15, 0.2) is 0 Å². The van der Waals surface area contributed by atoms with Gasteiger partial charge in [-0.1, -0.05) is 13.8 Å². The quantitative estimate of drug-likeness (QED) is 0.685. The van der Waals surface area contributed by atoms with Crippen molar-refractivity contribution < 1.29 is 9.59 Å². The first kappa shape index (κ1) is 15.9. The van der Waals surface area contributed by atoms with Crippen LogP contribution in [0.1, 0.15) is 34.6 Å². The van der Waals surface area contributed by atoms with Crippen LogP contribution in [0.5, 0.6) is 0 Å². The molecule has 2 N–H and O–H groups in total. The number of hydrogen-bond acceptors (Lipinski definition) is 3. The Balaban J connectivity index is 3.90. The Hall–Kier alpha value is -1.10. The predicted molar refractivity (Wildman–Crippen MR) is 68.7 cm³/mol. The van der Waals surface area contributed by atoms with Crippen LogP contribution in [0, 0.1) is 0 Å². The molecule has 100 valence electrons. The smallest absolute Gasteiger partial charge is 0.309 e. The molecule has 0 rings (SSSR count). The van der Waals surface area contributed by atoms with Gasteiger partial charge in [0.2, 0.25) is 0 Å². The van der Waals surface area contributed by atoms with E-state index in [1.807, 2.05) is 20.8 Å². The third kappa shape index (κ3) is 7.74. The van der Waals surface area contributed by atoms with Crippen molar-refractivity contribution in [3.05, 3.63) is 0 Å². The number of likely N-dealkylation sites (N-methyl/N-ethyl adjacent to an activating group) is 1. The Labute approximate surface area is 104 Å². The van der Waals surface area contributed by atoms with Crippen LogP contribution in [0.25, 0.3) is 0 Å². The second-order valence-corrected chi connectivity index (χ2v) is 4.99. The normalized spacial score (nSPS) is 11.4. The number of amides is 2. The SMILES string of the molecule is CCN(CC)CCNC(=O)C(=O)NC(C)(C)C. The van der Waals surface area contributed by atoms with Crippen molar-refractivity contribution in [3.63, 3.8) is 0 Å². The van der Waals surface area contributed by atoms with Crippen LogP contribution < -0.4 is 10.6 Å². The summed E-state index contributed by atoms with van der Waals surface area (Å²) in [4.78, 5) is 25.1. The van der Waals surface area contributed by atoms with Gasteiger partial charge in [-0.2, -0.15) is 0 Å². The van der Waals surface area contributed by atoms with Gasteiger partial charge in [-0.15, -0.1) is 0 Å². The summed E-state index contributed by atoms with van der Waals surface area (Å²) in [5.74, 6) is -1.14. The zero-order valence-corrected chi connectivity index (χ0v) is 11.6. The van der Waals surface area contributed by atoms with Gasteiger partial charge in [-0.3, -0.25) is 9.59 Å². The molecule has 0 aromatic rings. The van der Waals surface area contributed by atoms with E-state index in [1.165, 1.54) is 0 Å². The number of carbonyl (C=O) groups excluding carboxylic acids is 2. The van der Waals surface area contributed by atoms with Gasteiger partial charge in [0.05, 0.1) is 0 Å². The van der Waals surface area contributed by atoms with Crippen LogP contribution in [-0.4, -0.2) is 48.4 Å². The van der Waals surface area contributed by atoms with Crippen LogP contribution in [0.2, 0.25) is 0 Å². The zero-order chi connectivity index (χ0) is 13.5. The highest BCUT2D eigenvalue weighted by atomic mass is 16.2. The van der Waals surface area contributed by atoms with E-state index in [2.05, 4.69) is 29.4 Å². The standard InChI is InChI=1S/C12H25N3O2/c1-6-15(7-2)9-8-13-10(16)11(17)14-12(3,4)5/h6-9H2,1-5H3,(H,13,16)(H,14,17). The van der Waals surface area contributed by atoms with Crippen LogP contribution in [0.4, 0.5) is 0 Å². The summed E-state index contributed by atoms with van der Waals surface area (Å²) in [6, 6.07) is 0. The summed E-state index contributed by atoms with van der Waals surface area (Å²) in [6.45, 7) is 12.8. The minimum Gasteiger partial charge on any atom is -0.347 e. The van der Waals surface area contributed by atoms with Crippen molar-refractivity contribution in [1.82, 2.24) is 15.5 Å². The molecule has 0 aliphatic heterocycles. The molecular weight excluding hydrogens is 218 g/mol. The second-order valence-electron chi connectivity index (χ2n) is 4.99. The van der Waals surface area contributed by atoms with Crippen molar-refractivity contribution in [2.75, 3.05) is 26.2 Å². The zero-order valence-electron chi connectivity index (χ0n) is 11.6. The van der Waals surface area contributed by atoms with Crippen molar-refractivity contribution in [2.45, 2.75) is 40.2 Å². The first-order valence-corrected chi connectivity index (χ1v) is 6.12. The largest absolute Gasteiger partial charge is 0.347 e. The molecule has 0 bridgehead atoms. The summed E-state index contributed by atoms with van der Waals surface area (Å²) >= 11 is 0. The average Bonchev–Trinajstić information content (AvgIpc) is 2.21. The van der Waals surface area contributed by atoms with Crippen LogP contribution in [0.3, 0.4) is 0 Å². The molecule has 0 heterocycles. The van der Waals surface area contributed by atoms with E-state index in [4.69, 9.17) is 0 Å². The molecular formula is C12H25N3O2. The molecule has 0 aromatic carbocycles. The number of carbonyl (C=O) groups is 2. The number of nitrogens with zero attached hydrogens (tertiary/aromatic N) is 1. The van der Waals surface area contributed by atoms with Crippen molar-refractivity contribution in [2.24, 2.45) is 0 Å². The highest BCUT2D eigenvalue weighted by Crippen LogP contribution is 1.97. The van der Waals surface area contributed by atoms with E-state index in [0.29, 0.717) is 6.54 Å². The highest BCUT2D eigenvalue weighted by Gasteiger charge is 2.19. The molecule has 0 saturated carbocycles. The van der Waals surface area contributed by atoms with Crippen LogP contribution in [-0.2, 0) is 9.59 Å².